The van der Waals surface area contributed by atoms with Gasteiger partial charge in [-0.15, -0.1) is 0 Å². The van der Waals surface area contributed by atoms with Crippen molar-refractivity contribution in [1.29, 1.82) is 0 Å². The van der Waals surface area contributed by atoms with Gasteiger partial charge in [0.25, 0.3) is 5.91 Å². The number of carboxylic acids is 1. The van der Waals surface area contributed by atoms with E-state index in [4.69, 9.17) is 9.84 Å². The minimum absolute atomic E-state index is 0.224. The Morgan fingerprint density at radius 3 is 2.12 bits per heavy atom. The van der Waals surface area contributed by atoms with Crippen LogP contribution in [0, 0.1) is 6.92 Å². The van der Waals surface area contributed by atoms with Crippen molar-refractivity contribution in [2.75, 3.05) is 0 Å². The number of halogens is 3. The number of rotatable bonds is 7. The maximum absolute atomic E-state index is 12.7. The highest BCUT2D eigenvalue weighted by Gasteiger charge is 2.30. The van der Waals surface area contributed by atoms with Gasteiger partial charge in [0.05, 0.1) is 22.5 Å². The Kier molecular flexibility index (Phi) is 6.95. The molecule has 0 aliphatic heterocycles. The van der Waals surface area contributed by atoms with E-state index in [2.05, 4.69) is 10.3 Å². The average Bonchev–Trinajstić information content (AvgIpc) is 2.77. The molecule has 2 N–H and O–H groups in total. The summed E-state index contributed by atoms with van der Waals surface area (Å²) in [5.41, 5.74) is 0.426. The molecule has 0 bridgehead atoms. The number of alkyl halides is 3. The number of carbonyl (C=O) groups excluding carboxylic acids is 1. The summed E-state index contributed by atoms with van der Waals surface area (Å²) in [6.07, 6.45) is -4.41. The van der Waals surface area contributed by atoms with Crippen molar-refractivity contribution in [2.24, 2.45) is 0 Å². The van der Waals surface area contributed by atoms with E-state index in [9.17, 15) is 22.8 Å². The number of aromatic nitrogens is 1. The summed E-state index contributed by atoms with van der Waals surface area (Å²) in [5, 5.41) is 11.9. The van der Waals surface area contributed by atoms with Gasteiger partial charge in [-0.1, -0.05) is 24.3 Å². The van der Waals surface area contributed by atoms with Crippen LogP contribution in [0.4, 0.5) is 13.2 Å². The molecule has 1 heterocycles. The number of aryl methyl sites for hydroxylation is 1. The first-order valence-corrected chi connectivity index (χ1v) is 10.3. The fraction of sp³-hybridized carbons (Fsp3) is 0.240. The first kappa shape index (κ1) is 24.8. The Labute approximate surface area is 194 Å². The van der Waals surface area contributed by atoms with Crippen LogP contribution in [0.5, 0.6) is 5.75 Å². The monoisotopic (exact) mass is 472 g/mol. The molecule has 3 rings (SSSR count). The molecule has 1 aromatic heterocycles. The SMILES string of the molecule is Cc1nc(-c2ccc(C(F)(F)F)cc2)ccc1C(=O)NCc1ccc(OC(C)(C)C(=O)O)cc1. The van der Waals surface area contributed by atoms with E-state index < -0.39 is 23.3 Å². The van der Waals surface area contributed by atoms with Gasteiger partial charge < -0.3 is 15.2 Å². The quantitative estimate of drug-likeness (QED) is 0.491. The topological polar surface area (TPSA) is 88.5 Å². The molecule has 0 aliphatic carbocycles. The Bertz CT molecular complexity index is 1190. The summed E-state index contributed by atoms with van der Waals surface area (Å²) in [6, 6.07) is 14.5. The molecule has 0 saturated heterocycles. The van der Waals surface area contributed by atoms with Gasteiger partial charge in [-0.3, -0.25) is 9.78 Å². The number of pyridine rings is 1. The maximum Gasteiger partial charge on any atom is 0.416 e. The molecule has 1 amide bonds. The highest BCUT2D eigenvalue weighted by atomic mass is 19.4. The molecule has 2 aromatic carbocycles. The third-order valence-corrected chi connectivity index (χ3v) is 5.10. The average molecular weight is 472 g/mol. The summed E-state index contributed by atoms with van der Waals surface area (Å²) in [6.45, 7) is 4.77. The minimum atomic E-state index is -4.41. The van der Waals surface area contributed by atoms with Crippen molar-refractivity contribution < 1.29 is 32.6 Å². The van der Waals surface area contributed by atoms with Gasteiger partial charge in [0.15, 0.2) is 5.60 Å². The number of nitrogens with zero attached hydrogens (tertiary/aromatic N) is 1. The Balaban J connectivity index is 1.64. The van der Waals surface area contributed by atoms with Crippen LogP contribution < -0.4 is 10.1 Å². The van der Waals surface area contributed by atoms with Gasteiger partial charge in [-0.2, -0.15) is 13.2 Å². The number of amides is 1. The number of ether oxygens (including phenoxy) is 1. The number of benzene rings is 2. The predicted octanol–water partition coefficient (Wildman–Crippen LogP) is 5.25. The second-order valence-corrected chi connectivity index (χ2v) is 8.15. The molecule has 0 saturated carbocycles. The van der Waals surface area contributed by atoms with Crippen LogP contribution in [0.2, 0.25) is 0 Å². The zero-order valence-corrected chi connectivity index (χ0v) is 18.7. The lowest BCUT2D eigenvalue weighted by Crippen LogP contribution is -2.37. The van der Waals surface area contributed by atoms with E-state index in [-0.39, 0.29) is 12.5 Å². The van der Waals surface area contributed by atoms with Gasteiger partial charge in [-0.05, 0) is 62.7 Å². The van der Waals surface area contributed by atoms with Crippen molar-refractivity contribution in [3.8, 4) is 17.0 Å². The van der Waals surface area contributed by atoms with Gasteiger partial charge in [-0.25, -0.2) is 4.79 Å². The van der Waals surface area contributed by atoms with E-state index in [1.165, 1.54) is 26.0 Å². The molecule has 3 aromatic rings. The molecule has 0 fully saturated rings. The van der Waals surface area contributed by atoms with E-state index >= 15 is 0 Å². The number of hydrogen-bond donors (Lipinski definition) is 2. The molecule has 34 heavy (non-hydrogen) atoms. The summed E-state index contributed by atoms with van der Waals surface area (Å²) >= 11 is 0. The van der Waals surface area contributed by atoms with E-state index in [0.29, 0.717) is 28.3 Å². The smallest absolute Gasteiger partial charge is 0.416 e. The largest absolute Gasteiger partial charge is 0.478 e. The summed E-state index contributed by atoms with van der Waals surface area (Å²) in [7, 11) is 0. The Morgan fingerprint density at radius 1 is 0.971 bits per heavy atom. The summed E-state index contributed by atoms with van der Waals surface area (Å²) < 4.78 is 43.7. The van der Waals surface area contributed by atoms with Crippen molar-refractivity contribution in [2.45, 2.75) is 39.1 Å². The zero-order chi connectivity index (χ0) is 25.1. The van der Waals surface area contributed by atoms with Crippen LogP contribution in [-0.4, -0.2) is 27.6 Å². The molecule has 0 unspecified atom stereocenters. The zero-order valence-electron chi connectivity index (χ0n) is 18.7. The van der Waals surface area contributed by atoms with Gasteiger partial charge in [0.1, 0.15) is 5.75 Å². The molecular weight excluding hydrogens is 449 g/mol. The fourth-order valence-electron chi connectivity index (χ4n) is 3.08. The highest BCUT2D eigenvalue weighted by Crippen LogP contribution is 2.30. The van der Waals surface area contributed by atoms with Gasteiger partial charge in [0.2, 0.25) is 0 Å². The minimum Gasteiger partial charge on any atom is -0.478 e. The number of carboxylic acid groups (broad SMARTS) is 1. The van der Waals surface area contributed by atoms with Crippen molar-refractivity contribution in [1.82, 2.24) is 10.3 Å². The molecule has 6 nitrogen and oxygen atoms in total. The lowest BCUT2D eigenvalue weighted by Gasteiger charge is -2.21. The summed E-state index contributed by atoms with van der Waals surface area (Å²) in [4.78, 5) is 28.1. The number of aliphatic carboxylic acids is 1. The van der Waals surface area contributed by atoms with Crippen molar-refractivity contribution in [3.05, 3.63) is 83.0 Å². The predicted molar refractivity (Wildman–Crippen MR) is 119 cm³/mol. The van der Waals surface area contributed by atoms with Crippen molar-refractivity contribution >= 4 is 11.9 Å². The highest BCUT2D eigenvalue weighted by molar-refractivity contribution is 5.95. The van der Waals surface area contributed by atoms with Gasteiger partial charge in [0, 0.05) is 12.1 Å². The van der Waals surface area contributed by atoms with Crippen LogP contribution in [0.1, 0.15) is 41.0 Å². The third kappa shape index (κ3) is 5.92. The standard InChI is InChI=1S/C25H23F3N2O4/c1-15-20(12-13-21(30-15)17-6-8-18(9-7-17)25(26,27)28)22(31)29-14-16-4-10-19(11-5-16)34-24(2,3)23(32)33/h4-13H,14H2,1-3H3,(H,29,31)(H,32,33). The van der Waals surface area contributed by atoms with Crippen LogP contribution in [0.15, 0.2) is 60.7 Å². The van der Waals surface area contributed by atoms with Crippen LogP contribution in [0.3, 0.4) is 0 Å². The molecule has 0 atom stereocenters. The van der Waals surface area contributed by atoms with Gasteiger partial charge >= 0.3 is 12.1 Å². The van der Waals surface area contributed by atoms with E-state index in [0.717, 1.165) is 17.7 Å². The first-order chi connectivity index (χ1) is 15.9. The molecule has 9 heteroatoms. The second-order valence-electron chi connectivity index (χ2n) is 8.15. The van der Waals surface area contributed by atoms with Crippen LogP contribution >= 0.6 is 0 Å². The normalized spacial score (nSPS) is 11.7. The lowest BCUT2D eigenvalue weighted by atomic mass is 10.1. The summed E-state index contributed by atoms with van der Waals surface area (Å²) in [5.74, 6) is -1.05. The number of nitrogens with one attached hydrogen (secondary N) is 1. The van der Waals surface area contributed by atoms with Crippen LogP contribution in [-0.2, 0) is 17.5 Å². The molecule has 0 aliphatic rings. The Hall–Kier alpha value is -3.88. The van der Waals surface area contributed by atoms with Crippen LogP contribution in [0.25, 0.3) is 11.3 Å². The number of carbonyl (C=O) groups is 2. The molecule has 0 radical (unpaired) electrons. The second kappa shape index (κ2) is 9.54. The molecule has 0 spiro atoms. The van der Waals surface area contributed by atoms with Crippen molar-refractivity contribution in [3.63, 3.8) is 0 Å². The molecule has 178 valence electrons. The number of hydrogen-bond acceptors (Lipinski definition) is 4. The lowest BCUT2D eigenvalue weighted by molar-refractivity contribution is -0.152. The maximum atomic E-state index is 12.7. The van der Waals surface area contributed by atoms with E-state index in [1.54, 1.807) is 43.3 Å². The third-order valence-electron chi connectivity index (χ3n) is 5.10. The fourth-order valence-corrected chi connectivity index (χ4v) is 3.08. The molecular formula is C25H23F3N2O4. The Morgan fingerprint density at radius 2 is 1.59 bits per heavy atom. The first-order valence-electron chi connectivity index (χ1n) is 10.3. The van der Waals surface area contributed by atoms with E-state index in [1.807, 2.05) is 0 Å².